The van der Waals surface area contributed by atoms with E-state index < -0.39 is 241 Å². The maximum atomic E-state index is 12.6. The molecule has 6 aliphatic heterocycles. The molecule has 0 aliphatic carbocycles. The van der Waals surface area contributed by atoms with Gasteiger partial charge in [-0.05, 0) is 0 Å². The third-order valence-corrected chi connectivity index (χ3v) is 13.6. The van der Waals surface area contributed by atoms with Gasteiger partial charge in [0, 0.05) is 20.8 Å². The summed E-state index contributed by atoms with van der Waals surface area (Å²) in [6, 6.07) is -4.92. The molecule has 0 aromatic rings. The molecular formula is C42H71N3O31. The molecule has 6 heterocycles. The highest BCUT2D eigenvalue weighted by atomic mass is 16.8. The summed E-state index contributed by atoms with van der Waals surface area (Å²) in [6.07, 6.45) is -51.6. The molecule has 6 fully saturated rings. The lowest BCUT2D eigenvalue weighted by molar-refractivity contribution is -0.387. The molecule has 76 heavy (non-hydrogen) atoms. The lowest BCUT2D eigenvalue weighted by atomic mass is 9.94. The molecule has 0 spiro atoms. The van der Waals surface area contributed by atoms with Crippen LogP contribution in [-0.2, 0) is 66.5 Å². The van der Waals surface area contributed by atoms with Crippen molar-refractivity contribution in [3.05, 3.63) is 0 Å². The molecule has 34 heteroatoms. The molecule has 0 aromatic carbocycles. The number of hydrogen-bond acceptors (Lipinski definition) is 31. The Bertz CT molecular complexity index is 1870. The summed E-state index contributed by atoms with van der Waals surface area (Å²) in [5, 5.41) is 190. The Morgan fingerprint density at radius 3 is 1.24 bits per heavy atom. The van der Waals surface area contributed by atoms with E-state index in [1.807, 2.05) is 0 Å². The van der Waals surface area contributed by atoms with Crippen molar-refractivity contribution in [2.24, 2.45) is 0 Å². The lowest BCUT2D eigenvalue weighted by Crippen LogP contribution is -2.70. The zero-order valence-electron chi connectivity index (χ0n) is 40.9. The molecule has 0 bridgehead atoms. The van der Waals surface area contributed by atoms with Crippen LogP contribution in [0.1, 0.15) is 20.8 Å². The van der Waals surface area contributed by atoms with Crippen molar-refractivity contribution in [1.29, 1.82) is 0 Å². The summed E-state index contributed by atoms with van der Waals surface area (Å²) in [4.78, 5) is 36.7. The number of hydrogen-bond donors (Lipinski definition) is 20. The van der Waals surface area contributed by atoms with Crippen LogP contribution in [0.2, 0.25) is 0 Å². The average molecular weight is 1110 g/mol. The van der Waals surface area contributed by atoms with Gasteiger partial charge in [0.15, 0.2) is 37.7 Å². The standard InChI is InChI=1S/C42H71N3O31/c1-10(51)43-19-27(59)33(16(7-49)67-37(19)65)73-39-21(45-12(3)53)28(60)34(17(8-50)71-39)74-41-32(64)35(75-40-31(63)29(61)23(55)14(5-47)69-40)25(57)18(72-41)9-66-42-36(30(62)24(56)15(6-48)70-42)76-38-20(44-11(2)52)26(58)22(54)13(4-46)68-38/h13-42,46-50,54-65H,4-9H2,1-3H3,(H,43,51)(H,44,52)(H,45,53)/t13-,14-,15-,16-,17-,18-,19-,20-,21-,22-,23-,24-,25-,26-,27-,28-,29+,30+,31+,32+,33-,34-,35+,36+,37-,38+,39-,40-,41+,42+/m1/s1. The first kappa shape index (κ1) is 62.5. The van der Waals surface area contributed by atoms with Gasteiger partial charge in [0.25, 0.3) is 0 Å². The molecule has 0 aromatic heterocycles. The SMILES string of the molecule is CC(=O)N[C@@H]1[C@@H](O)[C@H](O[C@H]2O[C@H](CO)[C@@H](O[C@@H]3O[C@H](CO[C@H]4O[C@H](CO)[C@@H](O)[C@H](O)[C@@H]4O[C@@H]4O[C@H](CO)[C@@H](O)[C@H](O)[C@H]4NC(C)=O)[C@@H](O)[C@H](O[C@H]4O[C@H](CO)[C@@H](O)[C@H](O)[C@@H]4O)[C@@H]3O)[C@H](O)[C@H]2NC(C)=O)[C@@H](CO)O[C@H]1O. The molecule has 0 radical (unpaired) electrons. The second-order valence-electron chi connectivity index (χ2n) is 19.0. The zero-order chi connectivity index (χ0) is 56.2. The van der Waals surface area contributed by atoms with E-state index in [1.165, 1.54) is 0 Å². The van der Waals surface area contributed by atoms with Crippen LogP contribution in [-0.4, -0.2) is 328 Å². The van der Waals surface area contributed by atoms with E-state index in [9.17, 15) is 101 Å². The number of carbonyl (C=O) groups is 3. The highest BCUT2D eigenvalue weighted by Gasteiger charge is 2.57. The normalized spacial score (nSPS) is 48.2. The van der Waals surface area contributed by atoms with Crippen molar-refractivity contribution in [2.75, 3.05) is 39.6 Å². The van der Waals surface area contributed by atoms with Crippen molar-refractivity contribution in [2.45, 2.75) is 205 Å². The molecule has 20 N–H and O–H groups in total. The third kappa shape index (κ3) is 13.7. The number of nitrogens with one attached hydrogen (secondary N) is 3. The molecule has 6 rings (SSSR count). The van der Waals surface area contributed by atoms with Crippen LogP contribution in [0.5, 0.6) is 0 Å². The van der Waals surface area contributed by atoms with Crippen molar-refractivity contribution in [3.63, 3.8) is 0 Å². The van der Waals surface area contributed by atoms with Crippen molar-refractivity contribution in [3.8, 4) is 0 Å². The maximum Gasteiger partial charge on any atom is 0.217 e. The Morgan fingerprint density at radius 1 is 0.342 bits per heavy atom. The highest BCUT2D eigenvalue weighted by Crippen LogP contribution is 2.36. The molecule has 440 valence electrons. The van der Waals surface area contributed by atoms with Crippen LogP contribution in [0, 0.1) is 0 Å². The first-order valence-corrected chi connectivity index (χ1v) is 24.1. The lowest BCUT2D eigenvalue weighted by Gasteiger charge is -2.50. The number of ether oxygens (including phenoxy) is 11. The molecule has 3 amide bonds. The quantitative estimate of drug-likeness (QED) is 0.0571. The molecule has 0 unspecified atom stereocenters. The summed E-state index contributed by atoms with van der Waals surface area (Å²) < 4.78 is 63.6. The van der Waals surface area contributed by atoms with Gasteiger partial charge in [-0.1, -0.05) is 0 Å². The second kappa shape index (κ2) is 27.2. The number of rotatable bonds is 19. The maximum absolute atomic E-state index is 12.6. The first-order valence-electron chi connectivity index (χ1n) is 24.1. The van der Waals surface area contributed by atoms with Crippen LogP contribution in [0.3, 0.4) is 0 Å². The smallest absolute Gasteiger partial charge is 0.217 e. The Hall–Kier alpha value is -2.71. The summed E-state index contributed by atoms with van der Waals surface area (Å²) in [5.41, 5.74) is 0. The Morgan fingerprint density at radius 2 is 0.711 bits per heavy atom. The van der Waals surface area contributed by atoms with E-state index in [4.69, 9.17) is 52.1 Å². The summed E-state index contributed by atoms with van der Waals surface area (Å²) in [5.74, 6) is -2.33. The number of aliphatic hydroxyl groups excluding tert-OH is 17. The van der Waals surface area contributed by atoms with Gasteiger partial charge in [-0.2, -0.15) is 0 Å². The van der Waals surface area contributed by atoms with Gasteiger partial charge in [0.05, 0.1) is 39.6 Å². The van der Waals surface area contributed by atoms with E-state index in [2.05, 4.69) is 16.0 Å². The minimum Gasteiger partial charge on any atom is -0.394 e. The van der Waals surface area contributed by atoms with Gasteiger partial charge in [-0.15, -0.1) is 0 Å². The van der Waals surface area contributed by atoms with Gasteiger partial charge < -0.3 is 155 Å². The van der Waals surface area contributed by atoms with E-state index in [0.29, 0.717) is 0 Å². The van der Waals surface area contributed by atoms with Gasteiger partial charge in [-0.25, -0.2) is 0 Å². The Kier molecular flexibility index (Phi) is 22.3. The van der Waals surface area contributed by atoms with E-state index >= 15 is 0 Å². The first-order chi connectivity index (χ1) is 35.9. The molecule has 34 nitrogen and oxygen atoms in total. The highest BCUT2D eigenvalue weighted by molar-refractivity contribution is 5.74. The predicted molar refractivity (Wildman–Crippen MR) is 234 cm³/mol. The predicted octanol–water partition coefficient (Wildman–Crippen LogP) is -13.7. The van der Waals surface area contributed by atoms with Gasteiger partial charge in [0.1, 0.15) is 146 Å². The summed E-state index contributed by atoms with van der Waals surface area (Å²) >= 11 is 0. The van der Waals surface area contributed by atoms with Gasteiger partial charge in [0.2, 0.25) is 17.7 Å². The van der Waals surface area contributed by atoms with Gasteiger partial charge in [-0.3, -0.25) is 14.4 Å². The van der Waals surface area contributed by atoms with E-state index in [0.717, 1.165) is 20.8 Å². The fraction of sp³-hybridized carbons (Fsp3) is 0.929. The number of carbonyl (C=O) groups excluding carboxylic acids is 3. The van der Waals surface area contributed by atoms with E-state index in [-0.39, 0.29) is 0 Å². The number of aliphatic hydroxyl groups is 17. The molecule has 6 saturated heterocycles. The van der Waals surface area contributed by atoms with Crippen LogP contribution < -0.4 is 16.0 Å². The monoisotopic (exact) mass is 1110 g/mol. The van der Waals surface area contributed by atoms with Crippen molar-refractivity contribution < 1.29 is 153 Å². The largest absolute Gasteiger partial charge is 0.394 e. The summed E-state index contributed by atoms with van der Waals surface area (Å²) in [6.45, 7) is -2.65. The zero-order valence-corrected chi connectivity index (χ0v) is 40.9. The molecule has 6 aliphatic rings. The Balaban J connectivity index is 1.30. The van der Waals surface area contributed by atoms with Crippen LogP contribution in [0.15, 0.2) is 0 Å². The molecule has 0 saturated carbocycles. The fourth-order valence-corrected chi connectivity index (χ4v) is 9.60. The van der Waals surface area contributed by atoms with Crippen molar-refractivity contribution >= 4 is 17.7 Å². The topological polar surface area (TPSA) is 533 Å². The minimum atomic E-state index is -2.29. The van der Waals surface area contributed by atoms with Crippen LogP contribution >= 0.6 is 0 Å². The second-order valence-corrected chi connectivity index (χ2v) is 19.0. The molecular weight excluding hydrogens is 1040 g/mol. The minimum absolute atomic E-state index is 0.721. The fourth-order valence-electron chi connectivity index (χ4n) is 9.60. The number of amides is 3. The van der Waals surface area contributed by atoms with Gasteiger partial charge >= 0.3 is 0 Å². The van der Waals surface area contributed by atoms with E-state index in [1.54, 1.807) is 0 Å². The van der Waals surface area contributed by atoms with Crippen LogP contribution in [0.4, 0.5) is 0 Å². The van der Waals surface area contributed by atoms with Crippen LogP contribution in [0.25, 0.3) is 0 Å². The Labute approximate surface area is 431 Å². The summed E-state index contributed by atoms with van der Waals surface area (Å²) in [7, 11) is 0. The van der Waals surface area contributed by atoms with Crippen molar-refractivity contribution in [1.82, 2.24) is 16.0 Å². The average Bonchev–Trinajstić information content (AvgIpc) is 3.38. The third-order valence-electron chi connectivity index (χ3n) is 13.6. The molecule has 30 atom stereocenters.